The average Bonchev–Trinajstić information content (AvgIpc) is 3.55. The molecule has 4 aromatic rings. The van der Waals surface area contributed by atoms with E-state index in [0.717, 1.165) is 43.1 Å². The van der Waals surface area contributed by atoms with Crippen LogP contribution in [0.1, 0.15) is 53.7 Å². The molecular weight excluding hydrogens is 504 g/mol. The van der Waals surface area contributed by atoms with Crippen molar-refractivity contribution < 1.29 is 9.59 Å². The van der Waals surface area contributed by atoms with Crippen LogP contribution in [0, 0.1) is 11.3 Å². The van der Waals surface area contributed by atoms with Crippen molar-refractivity contribution in [1.29, 1.82) is 5.41 Å². The van der Waals surface area contributed by atoms with E-state index in [2.05, 4.69) is 23.3 Å². The van der Waals surface area contributed by atoms with Crippen LogP contribution in [-0.4, -0.2) is 22.4 Å². The van der Waals surface area contributed by atoms with Crippen LogP contribution in [0.15, 0.2) is 84.6 Å². The molecule has 0 saturated carbocycles. The number of hydrogen-bond acceptors (Lipinski definition) is 5. The minimum absolute atomic E-state index is 0.0437. The molecule has 2 aromatic heterocycles. The predicted molar refractivity (Wildman–Crippen MR) is 161 cm³/mol. The monoisotopic (exact) mass is 534 g/mol. The van der Waals surface area contributed by atoms with Crippen LogP contribution in [0.25, 0.3) is 26.9 Å². The smallest absolute Gasteiger partial charge is 0.224 e. The van der Waals surface area contributed by atoms with Crippen molar-refractivity contribution in [2.75, 3.05) is 5.73 Å². The number of carbonyl (C=O) groups excluding carboxylic acids is 2. The maximum absolute atomic E-state index is 12.0. The first-order valence-corrected chi connectivity index (χ1v) is 13.7. The van der Waals surface area contributed by atoms with Crippen LogP contribution in [0.5, 0.6) is 0 Å². The van der Waals surface area contributed by atoms with Crippen LogP contribution >= 0.6 is 11.3 Å². The number of ketones is 1. The molecule has 2 heterocycles. The quantitative estimate of drug-likeness (QED) is 0.115. The van der Waals surface area contributed by atoms with Gasteiger partial charge in [0.15, 0.2) is 5.78 Å². The Kier molecular flexibility index (Phi) is 7.17. The van der Waals surface area contributed by atoms with Gasteiger partial charge in [-0.25, -0.2) is 0 Å². The zero-order valence-electron chi connectivity index (χ0n) is 22.1. The van der Waals surface area contributed by atoms with Gasteiger partial charge in [-0.1, -0.05) is 44.2 Å². The van der Waals surface area contributed by atoms with Crippen LogP contribution < -0.4 is 11.1 Å². The molecule has 0 radical (unpaired) electrons. The van der Waals surface area contributed by atoms with Crippen molar-refractivity contribution in [2.24, 2.45) is 5.92 Å². The number of nitrogens with one attached hydrogen (secondary N) is 3. The molecule has 6 nitrogen and oxygen atoms in total. The second-order valence-electron chi connectivity index (χ2n) is 9.69. The van der Waals surface area contributed by atoms with Crippen molar-refractivity contribution >= 4 is 50.9 Å². The minimum atomic E-state index is -0.0437. The number of hydrogen-bond donors (Lipinski definition) is 4. The Bertz CT molecular complexity index is 1720. The van der Waals surface area contributed by atoms with Crippen molar-refractivity contribution in [3.8, 4) is 10.4 Å². The second kappa shape index (κ2) is 10.7. The molecule has 39 heavy (non-hydrogen) atoms. The highest BCUT2D eigenvalue weighted by Gasteiger charge is 2.17. The summed E-state index contributed by atoms with van der Waals surface area (Å²) in [4.78, 5) is 29.0. The van der Waals surface area contributed by atoms with E-state index in [1.54, 1.807) is 6.92 Å². The molecule has 0 spiro atoms. The Morgan fingerprint density at radius 3 is 2.69 bits per heavy atom. The first-order chi connectivity index (χ1) is 18.7. The summed E-state index contributed by atoms with van der Waals surface area (Å²) < 4.78 is 0. The van der Waals surface area contributed by atoms with E-state index in [-0.39, 0.29) is 23.3 Å². The van der Waals surface area contributed by atoms with Crippen LogP contribution in [0.3, 0.4) is 0 Å². The maximum atomic E-state index is 12.0. The van der Waals surface area contributed by atoms with Gasteiger partial charge in [-0.3, -0.25) is 15.0 Å². The lowest BCUT2D eigenvalue weighted by molar-refractivity contribution is -0.120. The van der Waals surface area contributed by atoms with Gasteiger partial charge in [0.25, 0.3) is 0 Å². The van der Waals surface area contributed by atoms with E-state index in [1.165, 1.54) is 11.3 Å². The molecule has 2 aromatic carbocycles. The van der Waals surface area contributed by atoms with Gasteiger partial charge in [-0.2, -0.15) is 0 Å². The Labute approximate surface area is 231 Å². The summed E-state index contributed by atoms with van der Waals surface area (Å²) in [6.07, 6.45) is 8.46. The van der Waals surface area contributed by atoms with Gasteiger partial charge in [0, 0.05) is 44.7 Å². The third kappa shape index (κ3) is 5.40. The number of benzene rings is 2. The second-order valence-corrected chi connectivity index (χ2v) is 10.8. The number of aromatic nitrogens is 1. The van der Waals surface area contributed by atoms with E-state index in [4.69, 9.17) is 11.1 Å². The van der Waals surface area contributed by atoms with E-state index in [9.17, 15) is 9.59 Å². The third-order valence-electron chi connectivity index (χ3n) is 6.75. The lowest BCUT2D eigenvalue weighted by atomic mass is 9.96. The highest BCUT2D eigenvalue weighted by molar-refractivity contribution is 7.17. The summed E-state index contributed by atoms with van der Waals surface area (Å²) in [7, 11) is 0. The number of H-pyrrole nitrogens is 1. The molecule has 0 saturated heterocycles. The lowest BCUT2D eigenvalue weighted by Crippen LogP contribution is -2.20. The van der Waals surface area contributed by atoms with Crippen LogP contribution in [0.4, 0.5) is 5.69 Å². The van der Waals surface area contributed by atoms with Crippen molar-refractivity contribution in [3.63, 3.8) is 0 Å². The highest BCUT2D eigenvalue weighted by atomic mass is 32.1. The van der Waals surface area contributed by atoms with Gasteiger partial charge in [-0.05, 0) is 72.5 Å². The molecular formula is C32H30N4O2S. The van der Waals surface area contributed by atoms with Crippen LogP contribution in [0.2, 0.25) is 0 Å². The largest absolute Gasteiger partial charge is 0.398 e. The minimum Gasteiger partial charge on any atom is -0.398 e. The van der Waals surface area contributed by atoms with Gasteiger partial charge < -0.3 is 16.0 Å². The number of nitrogens with two attached hydrogens (primary N) is 1. The predicted octanol–water partition coefficient (Wildman–Crippen LogP) is 7.10. The van der Waals surface area contributed by atoms with E-state index >= 15 is 0 Å². The van der Waals surface area contributed by atoms with Gasteiger partial charge in [0.1, 0.15) is 0 Å². The van der Waals surface area contributed by atoms with E-state index < -0.39 is 0 Å². The molecule has 5 rings (SSSR count). The van der Waals surface area contributed by atoms with Gasteiger partial charge in [0.2, 0.25) is 5.91 Å². The topological polar surface area (TPSA) is 112 Å². The van der Waals surface area contributed by atoms with Crippen molar-refractivity contribution in [3.05, 3.63) is 106 Å². The number of allylic oxidation sites excluding steroid dienone is 5. The van der Waals surface area contributed by atoms with Crippen molar-refractivity contribution in [2.45, 2.75) is 27.2 Å². The number of anilines is 1. The summed E-state index contributed by atoms with van der Waals surface area (Å²) in [6, 6.07) is 17.5. The highest BCUT2D eigenvalue weighted by Crippen LogP contribution is 2.35. The number of rotatable bonds is 7. The summed E-state index contributed by atoms with van der Waals surface area (Å²) in [5, 5.41) is 13.0. The molecule has 0 unspecified atom stereocenters. The fourth-order valence-electron chi connectivity index (χ4n) is 4.64. The molecule has 7 heteroatoms. The van der Waals surface area contributed by atoms with Crippen molar-refractivity contribution in [1.82, 2.24) is 10.3 Å². The van der Waals surface area contributed by atoms with E-state index in [1.807, 2.05) is 79.7 Å². The first kappa shape index (κ1) is 26.1. The fraction of sp³-hybridized carbons (Fsp3) is 0.156. The number of nitrogen functional groups attached to an aromatic ring is 1. The summed E-state index contributed by atoms with van der Waals surface area (Å²) in [5.74, 6) is 0.174. The number of carbonyl (C=O) groups is 2. The number of aromatic amines is 1. The SMILES string of the molecule is CCC(=O)NC1=CC(c2ccc(N)c(C(=N)c3cc4c(-c5ccc(C(C)=O)s5)cccc4[nH]3)c2)=C[C@@H](C)C=C1. The third-order valence-corrected chi connectivity index (χ3v) is 7.96. The zero-order chi connectivity index (χ0) is 27.7. The van der Waals surface area contributed by atoms with Crippen LogP contribution in [-0.2, 0) is 4.79 Å². The normalized spacial score (nSPS) is 15.0. The Morgan fingerprint density at radius 2 is 1.95 bits per heavy atom. The number of thiophene rings is 1. The summed E-state index contributed by atoms with van der Waals surface area (Å²) in [5.41, 5.74) is 13.0. The number of fused-ring (bicyclic) bond motifs is 1. The number of Topliss-reactive ketones (excluding diaryl/α,β-unsaturated/α-hetero) is 1. The lowest BCUT2D eigenvalue weighted by Gasteiger charge is -2.12. The molecule has 0 fully saturated rings. The summed E-state index contributed by atoms with van der Waals surface area (Å²) >= 11 is 1.47. The molecule has 1 amide bonds. The van der Waals surface area contributed by atoms with Gasteiger partial charge in [0.05, 0.1) is 16.3 Å². The molecule has 1 atom stereocenters. The Hall–Kier alpha value is -4.49. The summed E-state index contributed by atoms with van der Waals surface area (Å²) in [6.45, 7) is 5.49. The molecule has 0 aliphatic heterocycles. The Morgan fingerprint density at radius 1 is 1.13 bits per heavy atom. The maximum Gasteiger partial charge on any atom is 0.224 e. The molecule has 196 valence electrons. The number of amides is 1. The fourth-order valence-corrected chi connectivity index (χ4v) is 5.58. The standard InChI is InChI=1S/C32H30N4O2S/c1-4-31(38)35-22-10-8-18(2)14-21(15-22)20-9-11-26(33)25(16-20)32(34)28-17-24-23(6-5-7-27(24)36-28)30-13-12-29(39-30)19(3)37/h5-18,34,36H,4,33H2,1-3H3,(H,35,38)/t18-/m0/s1. The first-order valence-electron chi connectivity index (χ1n) is 12.9. The average molecular weight is 535 g/mol. The zero-order valence-corrected chi connectivity index (χ0v) is 22.9. The Balaban J connectivity index is 1.52. The molecule has 5 N–H and O–H groups in total. The molecule has 1 aliphatic carbocycles. The van der Waals surface area contributed by atoms with Gasteiger partial charge >= 0.3 is 0 Å². The van der Waals surface area contributed by atoms with Gasteiger partial charge in [-0.15, -0.1) is 11.3 Å². The molecule has 0 bridgehead atoms. The molecule has 1 aliphatic rings. The van der Waals surface area contributed by atoms with E-state index in [0.29, 0.717) is 23.4 Å².